The number of carboxylic acid groups (broad SMARTS) is 2. The Balaban J connectivity index is 2.32. The monoisotopic (exact) mass is 732 g/mol. The van der Waals surface area contributed by atoms with Gasteiger partial charge in [0.2, 0.25) is 29.5 Å². The van der Waals surface area contributed by atoms with E-state index in [-0.39, 0.29) is 43.9 Å². The summed E-state index contributed by atoms with van der Waals surface area (Å²) in [5.74, 6) is -6.32. The second-order valence-electron chi connectivity index (χ2n) is 14.0. The van der Waals surface area contributed by atoms with E-state index in [9.17, 15) is 48.9 Å². The number of nitrogens with one attached hydrogen (secondary N) is 4. The van der Waals surface area contributed by atoms with Gasteiger partial charge in [-0.25, -0.2) is 0 Å². The molecule has 0 radical (unpaired) electrons. The largest absolute Gasteiger partial charge is 0.481 e. The third kappa shape index (κ3) is 15.4. The maximum atomic E-state index is 13.9. The van der Waals surface area contributed by atoms with Crippen molar-refractivity contribution in [3.63, 3.8) is 0 Å². The topological polar surface area (TPSA) is 258 Å². The number of carboxylic acids is 2. The molecule has 1 aromatic rings. The van der Waals surface area contributed by atoms with Gasteiger partial charge in [-0.15, -0.1) is 0 Å². The minimum absolute atomic E-state index is 0.0347. The van der Waals surface area contributed by atoms with Crippen LogP contribution in [0.3, 0.4) is 0 Å². The predicted octanol–water partition coefficient (Wildman–Crippen LogP) is 0.648. The molecule has 16 heteroatoms. The number of aliphatic hydroxyl groups excluding tert-OH is 1. The molecule has 5 amide bonds. The lowest BCUT2D eigenvalue weighted by molar-refractivity contribution is -0.143. The molecule has 9 N–H and O–H groups in total. The number of hydrogen-bond donors (Lipinski definition) is 8. The molecule has 1 unspecified atom stereocenters. The van der Waals surface area contributed by atoms with Crippen LogP contribution in [0.25, 0.3) is 0 Å². The van der Waals surface area contributed by atoms with E-state index in [1.165, 1.54) is 14.0 Å². The maximum absolute atomic E-state index is 13.9. The maximum Gasteiger partial charge on any atom is 0.321 e. The SMILES string of the molecule is CC(=O)N(C)[C@@H](CCC(N)=O)C(=O)N[C@@H](CC1CCCCC1)C(=O)N[C@@H](CC(=O)O)C(=O)N[C@@H](CC(C)C)C(O)N[C@@H](Cc1ccccc1)C(=O)O. The molecular weight excluding hydrogens is 676 g/mol. The van der Waals surface area contributed by atoms with E-state index in [4.69, 9.17) is 5.73 Å². The number of primary amides is 1. The molecule has 0 bridgehead atoms. The van der Waals surface area contributed by atoms with Crippen molar-refractivity contribution in [3.05, 3.63) is 35.9 Å². The van der Waals surface area contributed by atoms with Crippen LogP contribution < -0.4 is 27.0 Å². The molecule has 0 saturated heterocycles. The van der Waals surface area contributed by atoms with Gasteiger partial charge in [-0.2, -0.15) is 0 Å². The normalized spacial score (nSPS) is 16.7. The Bertz CT molecular complexity index is 1370. The van der Waals surface area contributed by atoms with E-state index in [0.29, 0.717) is 5.56 Å². The Labute approximate surface area is 304 Å². The van der Waals surface area contributed by atoms with E-state index < -0.39 is 84.3 Å². The zero-order valence-electron chi connectivity index (χ0n) is 30.5. The van der Waals surface area contributed by atoms with Crippen molar-refractivity contribution >= 4 is 41.5 Å². The number of nitrogens with zero attached hydrogens (tertiary/aromatic N) is 1. The minimum Gasteiger partial charge on any atom is -0.481 e. The molecule has 0 aliphatic heterocycles. The van der Waals surface area contributed by atoms with Crippen LogP contribution in [0, 0.1) is 11.8 Å². The number of rotatable bonds is 22. The highest BCUT2D eigenvalue weighted by molar-refractivity contribution is 5.95. The van der Waals surface area contributed by atoms with Gasteiger partial charge in [0.05, 0.1) is 12.5 Å². The van der Waals surface area contributed by atoms with Crippen molar-refractivity contribution in [2.45, 2.75) is 128 Å². The van der Waals surface area contributed by atoms with Crippen molar-refractivity contribution in [1.29, 1.82) is 0 Å². The van der Waals surface area contributed by atoms with Crippen LogP contribution in [-0.4, -0.2) is 105 Å². The molecular formula is C36H56N6O10. The molecule has 1 aromatic carbocycles. The Hall–Kier alpha value is -4.57. The van der Waals surface area contributed by atoms with Crippen molar-refractivity contribution in [1.82, 2.24) is 26.2 Å². The standard InChI is InChI=1S/C36H56N6O10/c1-21(2)17-25(32(47)41-28(36(51)52)19-24-13-9-6-10-14-24)38-34(49)27(20-31(45)46)39-33(48)26(18-23-11-7-5-8-12-23)40-35(50)29(15-16-30(37)44)42(4)22(3)43/h6,9-10,13-14,21,23,25-29,32,41,47H,5,7-8,11-12,15-20H2,1-4H3,(H2,37,44)(H,38,49)(H,39,48)(H,40,50)(H,45,46)(H,51,52)/t25-,26-,27-,28-,29-,32?/m0/s1. The summed E-state index contributed by atoms with van der Waals surface area (Å²) >= 11 is 0. The van der Waals surface area contributed by atoms with E-state index in [1.54, 1.807) is 30.3 Å². The molecule has 6 atom stereocenters. The Kier molecular flexibility index (Phi) is 18.2. The summed E-state index contributed by atoms with van der Waals surface area (Å²) in [7, 11) is 1.38. The molecule has 52 heavy (non-hydrogen) atoms. The Morgan fingerprint density at radius 1 is 0.865 bits per heavy atom. The predicted molar refractivity (Wildman–Crippen MR) is 190 cm³/mol. The first-order valence-electron chi connectivity index (χ1n) is 17.8. The van der Waals surface area contributed by atoms with Gasteiger partial charge in [-0.05, 0) is 43.1 Å². The Morgan fingerprint density at radius 2 is 1.46 bits per heavy atom. The van der Waals surface area contributed by atoms with Crippen LogP contribution >= 0.6 is 0 Å². The summed E-state index contributed by atoms with van der Waals surface area (Å²) in [5.41, 5.74) is 5.99. The van der Waals surface area contributed by atoms with Gasteiger partial charge < -0.3 is 41.9 Å². The third-order valence-corrected chi connectivity index (χ3v) is 9.26. The van der Waals surface area contributed by atoms with Gasteiger partial charge >= 0.3 is 11.9 Å². The molecule has 1 fully saturated rings. The fourth-order valence-corrected chi connectivity index (χ4v) is 6.36. The van der Waals surface area contributed by atoms with Crippen molar-refractivity contribution in [2.24, 2.45) is 17.6 Å². The summed E-state index contributed by atoms with van der Waals surface area (Å²) in [6.45, 7) is 4.88. The van der Waals surface area contributed by atoms with E-state index in [0.717, 1.165) is 37.0 Å². The molecule has 2 rings (SSSR count). The van der Waals surface area contributed by atoms with Crippen LogP contribution in [0.4, 0.5) is 0 Å². The van der Waals surface area contributed by atoms with Gasteiger partial charge in [0.15, 0.2) is 0 Å². The number of nitrogens with two attached hydrogens (primary N) is 1. The number of carbonyl (C=O) groups excluding carboxylic acids is 5. The molecule has 0 heterocycles. The summed E-state index contributed by atoms with van der Waals surface area (Å²) in [5, 5.41) is 41.1. The summed E-state index contributed by atoms with van der Waals surface area (Å²) in [4.78, 5) is 89.8. The second kappa shape index (κ2) is 21.7. The first-order chi connectivity index (χ1) is 24.5. The zero-order valence-corrected chi connectivity index (χ0v) is 30.5. The average Bonchev–Trinajstić information content (AvgIpc) is 3.07. The number of benzene rings is 1. The highest BCUT2D eigenvalue weighted by Gasteiger charge is 2.35. The molecule has 16 nitrogen and oxygen atoms in total. The smallest absolute Gasteiger partial charge is 0.321 e. The lowest BCUT2D eigenvalue weighted by Gasteiger charge is -2.32. The zero-order chi connectivity index (χ0) is 39.0. The van der Waals surface area contributed by atoms with Crippen LogP contribution in [-0.2, 0) is 40.0 Å². The van der Waals surface area contributed by atoms with Gasteiger partial charge in [-0.1, -0.05) is 76.3 Å². The fourth-order valence-electron chi connectivity index (χ4n) is 6.36. The lowest BCUT2D eigenvalue weighted by Crippen LogP contribution is -2.60. The molecule has 1 aliphatic carbocycles. The molecule has 290 valence electrons. The first kappa shape index (κ1) is 43.6. The van der Waals surface area contributed by atoms with Crippen LogP contribution in [0.5, 0.6) is 0 Å². The van der Waals surface area contributed by atoms with Crippen molar-refractivity contribution in [2.75, 3.05) is 7.05 Å². The van der Waals surface area contributed by atoms with Crippen molar-refractivity contribution < 1.29 is 48.9 Å². The van der Waals surface area contributed by atoms with E-state index in [2.05, 4.69) is 21.3 Å². The number of aliphatic hydroxyl groups is 1. The lowest BCUT2D eigenvalue weighted by atomic mass is 9.84. The first-order valence-corrected chi connectivity index (χ1v) is 17.8. The van der Waals surface area contributed by atoms with Gasteiger partial charge in [0, 0.05) is 20.4 Å². The number of aliphatic carboxylic acids is 2. The summed E-state index contributed by atoms with van der Waals surface area (Å²) in [6.07, 6.45) is 2.15. The Morgan fingerprint density at radius 3 is 2.00 bits per heavy atom. The van der Waals surface area contributed by atoms with Crippen molar-refractivity contribution in [3.8, 4) is 0 Å². The molecule has 0 aromatic heterocycles. The molecule has 0 spiro atoms. The number of amides is 5. The summed E-state index contributed by atoms with van der Waals surface area (Å²) < 4.78 is 0. The van der Waals surface area contributed by atoms with Gasteiger partial charge in [0.1, 0.15) is 30.4 Å². The van der Waals surface area contributed by atoms with Crippen LogP contribution in [0.1, 0.15) is 90.5 Å². The minimum atomic E-state index is -1.64. The number of hydrogen-bond acceptors (Lipinski definition) is 9. The molecule has 1 aliphatic rings. The number of likely N-dealkylation sites (N-methyl/N-ethyl adjacent to an activating group) is 1. The quantitative estimate of drug-likeness (QED) is 0.0768. The molecule has 1 saturated carbocycles. The number of carbonyl (C=O) groups is 7. The summed E-state index contributed by atoms with van der Waals surface area (Å²) in [6, 6.07) is 2.47. The second-order valence-corrected chi connectivity index (χ2v) is 14.0. The van der Waals surface area contributed by atoms with E-state index >= 15 is 0 Å². The van der Waals surface area contributed by atoms with Gasteiger partial charge in [0.25, 0.3) is 0 Å². The third-order valence-electron chi connectivity index (χ3n) is 9.26. The average molecular weight is 733 g/mol. The fraction of sp³-hybridized carbons (Fsp3) is 0.639. The highest BCUT2D eigenvalue weighted by atomic mass is 16.4. The van der Waals surface area contributed by atoms with E-state index in [1.807, 2.05) is 13.8 Å². The van der Waals surface area contributed by atoms with Gasteiger partial charge in [-0.3, -0.25) is 38.9 Å². The van der Waals surface area contributed by atoms with Crippen LogP contribution in [0.15, 0.2) is 30.3 Å². The van der Waals surface area contributed by atoms with Crippen LogP contribution in [0.2, 0.25) is 0 Å². The highest BCUT2D eigenvalue weighted by Crippen LogP contribution is 2.27.